The fourth-order valence-corrected chi connectivity index (χ4v) is 10.7. The molecule has 2 nitrogen and oxygen atoms in total. The quantitative estimate of drug-likeness (QED) is 0.286. The minimum Gasteiger partial charge on any atom is -0.198 e. The Kier molecular flexibility index (Phi) is 8.23. The summed E-state index contributed by atoms with van der Waals surface area (Å²) in [5.74, 6) is 0. The number of nitriles is 2. The lowest BCUT2D eigenvalue weighted by Gasteiger charge is -2.41. The molecule has 0 heterocycles. The maximum atomic E-state index is 10.1. The molecule has 0 unspecified atom stereocenters. The van der Waals surface area contributed by atoms with Gasteiger partial charge in [-0.1, -0.05) is 121 Å². The average Bonchev–Trinajstić information content (AvgIpc) is 2.90. The summed E-state index contributed by atoms with van der Waals surface area (Å²) >= 11 is 0. The summed E-state index contributed by atoms with van der Waals surface area (Å²) in [6, 6.07) is 47.1. The van der Waals surface area contributed by atoms with Gasteiger partial charge in [0, 0.05) is 18.0 Å². The van der Waals surface area contributed by atoms with Gasteiger partial charge in [0.1, 0.15) is 0 Å². The van der Waals surface area contributed by atoms with E-state index in [1.165, 1.54) is 21.2 Å². The SMILES string of the molecule is N#CCC(CC#N)(CP(c1ccccc1)c1ccccc1)P(c1ccccc1)c1ccccc1. The summed E-state index contributed by atoms with van der Waals surface area (Å²) in [6.45, 7) is 0. The lowest BCUT2D eigenvalue weighted by atomic mass is 10.0. The minimum atomic E-state index is -0.952. The Balaban J connectivity index is 1.91. The fourth-order valence-electron chi connectivity index (χ4n) is 4.39. The van der Waals surface area contributed by atoms with E-state index in [0.717, 1.165) is 6.16 Å². The first-order chi connectivity index (χ1) is 16.8. The van der Waals surface area contributed by atoms with Crippen molar-refractivity contribution in [1.29, 1.82) is 10.5 Å². The highest BCUT2D eigenvalue weighted by molar-refractivity contribution is 7.77. The van der Waals surface area contributed by atoms with Crippen molar-refractivity contribution in [3.63, 3.8) is 0 Å². The monoisotopic (exact) mass is 476 g/mol. The van der Waals surface area contributed by atoms with E-state index < -0.39 is 21.0 Å². The van der Waals surface area contributed by atoms with Gasteiger partial charge in [0.25, 0.3) is 0 Å². The second-order valence-electron chi connectivity index (χ2n) is 8.16. The Labute approximate surface area is 205 Å². The molecule has 4 heteroatoms. The van der Waals surface area contributed by atoms with Crippen molar-refractivity contribution in [2.75, 3.05) is 6.16 Å². The van der Waals surface area contributed by atoms with Crippen LogP contribution in [0.25, 0.3) is 0 Å². The molecule has 0 fully saturated rings. The molecule has 0 aliphatic carbocycles. The first-order valence-electron chi connectivity index (χ1n) is 11.3. The molecule has 4 aromatic rings. The van der Waals surface area contributed by atoms with Gasteiger partial charge in [0.05, 0.1) is 12.1 Å². The van der Waals surface area contributed by atoms with Crippen LogP contribution < -0.4 is 21.2 Å². The summed E-state index contributed by atoms with van der Waals surface area (Å²) in [7, 11) is -1.71. The van der Waals surface area contributed by atoms with Gasteiger partial charge in [0.2, 0.25) is 0 Å². The van der Waals surface area contributed by atoms with Crippen molar-refractivity contribution in [3.05, 3.63) is 121 Å². The second kappa shape index (κ2) is 11.7. The van der Waals surface area contributed by atoms with E-state index in [9.17, 15) is 10.5 Å². The van der Waals surface area contributed by atoms with E-state index in [0.29, 0.717) is 12.8 Å². The molecule has 0 radical (unpaired) electrons. The van der Waals surface area contributed by atoms with Crippen LogP contribution in [0.5, 0.6) is 0 Å². The summed E-state index contributed by atoms with van der Waals surface area (Å²) in [4.78, 5) is 0. The lowest BCUT2D eigenvalue weighted by molar-refractivity contribution is 0.676. The molecule has 4 aromatic carbocycles. The fraction of sp³-hybridized carbons (Fsp3) is 0.133. The number of hydrogen-bond acceptors (Lipinski definition) is 2. The second-order valence-corrected chi connectivity index (χ2v) is 13.0. The molecular formula is C30H26N2P2. The Morgan fingerprint density at radius 2 is 0.824 bits per heavy atom. The highest BCUT2D eigenvalue weighted by atomic mass is 31.1. The summed E-state index contributed by atoms with van der Waals surface area (Å²) in [5.41, 5.74) is 0. The molecule has 4 rings (SSSR count). The van der Waals surface area contributed by atoms with Gasteiger partial charge >= 0.3 is 0 Å². The van der Waals surface area contributed by atoms with Crippen molar-refractivity contribution >= 4 is 37.1 Å². The molecule has 34 heavy (non-hydrogen) atoms. The zero-order valence-electron chi connectivity index (χ0n) is 19.0. The maximum absolute atomic E-state index is 10.1. The van der Waals surface area contributed by atoms with Crippen LogP contribution in [0.4, 0.5) is 0 Å². The predicted molar refractivity (Wildman–Crippen MR) is 146 cm³/mol. The van der Waals surface area contributed by atoms with Crippen molar-refractivity contribution in [2.45, 2.75) is 18.0 Å². The normalized spacial score (nSPS) is 11.2. The molecule has 0 bridgehead atoms. The molecule has 0 spiro atoms. The topological polar surface area (TPSA) is 47.6 Å². The van der Waals surface area contributed by atoms with Crippen LogP contribution in [-0.4, -0.2) is 11.3 Å². The molecular weight excluding hydrogens is 450 g/mol. The van der Waals surface area contributed by atoms with Crippen LogP contribution in [-0.2, 0) is 0 Å². The molecule has 0 N–H and O–H groups in total. The van der Waals surface area contributed by atoms with E-state index in [4.69, 9.17) is 0 Å². The minimum absolute atomic E-state index is 0.342. The standard InChI is InChI=1S/C30H26N2P2/c31-23-21-30(22-24-32,34(28-17-9-3-10-18-28)29-19-11-4-12-20-29)25-33(26-13-5-1-6-14-26)27-15-7-2-8-16-27/h1-20H,21-22,25H2. The summed E-state index contributed by atoms with van der Waals surface area (Å²) < 4.78 is 0. The zero-order valence-corrected chi connectivity index (χ0v) is 20.7. The van der Waals surface area contributed by atoms with Crippen LogP contribution in [0.3, 0.4) is 0 Å². The molecule has 0 aromatic heterocycles. The number of benzene rings is 4. The molecule has 166 valence electrons. The van der Waals surface area contributed by atoms with Crippen LogP contribution in [0.2, 0.25) is 0 Å². The van der Waals surface area contributed by atoms with E-state index in [2.05, 4.69) is 109 Å². The third-order valence-electron chi connectivity index (χ3n) is 5.91. The van der Waals surface area contributed by atoms with Crippen molar-refractivity contribution in [2.24, 2.45) is 0 Å². The lowest BCUT2D eigenvalue weighted by Crippen LogP contribution is -2.39. The van der Waals surface area contributed by atoms with Gasteiger partial charge in [-0.2, -0.15) is 10.5 Å². The van der Waals surface area contributed by atoms with Crippen molar-refractivity contribution < 1.29 is 0 Å². The van der Waals surface area contributed by atoms with Gasteiger partial charge in [0.15, 0.2) is 0 Å². The number of nitrogens with zero attached hydrogens (tertiary/aromatic N) is 2. The Morgan fingerprint density at radius 1 is 0.500 bits per heavy atom. The first-order valence-corrected chi connectivity index (χ1v) is 14.2. The van der Waals surface area contributed by atoms with Crippen molar-refractivity contribution in [1.82, 2.24) is 0 Å². The average molecular weight is 477 g/mol. The molecule has 0 saturated heterocycles. The largest absolute Gasteiger partial charge is 0.198 e. The summed E-state index contributed by atoms with van der Waals surface area (Å²) in [5, 5.41) is 24.7. The Morgan fingerprint density at radius 3 is 1.15 bits per heavy atom. The van der Waals surface area contributed by atoms with Gasteiger partial charge in [-0.3, -0.25) is 0 Å². The Hall–Kier alpha value is -3.28. The number of rotatable bonds is 9. The van der Waals surface area contributed by atoms with Crippen molar-refractivity contribution in [3.8, 4) is 12.1 Å². The van der Waals surface area contributed by atoms with Crippen LogP contribution in [0, 0.1) is 22.7 Å². The van der Waals surface area contributed by atoms with Gasteiger partial charge in [-0.25, -0.2) is 0 Å². The third kappa shape index (κ3) is 5.44. The van der Waals surface area contributed by atoms with E-state index in [1.807, 2.05) is 24.3 Å². The van der Waals surface area contributed by atoms with Gasteiger partial charge in [-0.15, -0.1) is 0 Å². The molecule has 0 saturated carbocycles. The molecule has 0 aliphatic rings. The van der Waals surface area contributed by atoms with Crippen LogP contribution >= 0.6 is 15.8 Å². The van der Waals surface area contributed by atoms with E-state index in [1.54, 1.807) is 0 Å². The van der Waals surface area contributed by atoms with E-state index >= 15 is 0 Å². The highest BCUT2D eigenvalue weighted by Crippen LogP contribution is 2.57. The summed E-state index contributed by atoms with van der Waals surface area (Å²) in [6.07, 6.45) is 1.47. The van der Waals surface area contributed by atoms with Crippen LogP contribution in [0.1, 0.15) is 12.8 Å². The molecule has 0 amide bonds. The first kappa shape index (κ1) is 23.9. The van der Waals surface area contributed by atoms with Gasteiger partial charge < -0.3 is 0 Å². The predicted octanol–water partition coefficient (Wildman–Crippen LogP) is 5.82. The third-order valence-corrected chi connectivity index (χ3v) is 12.0. The van der Waals surface area contributed by atoms with Crippen LogP contribution in [0.15, 0.2) is 121 Å². The van der Waals surface area contributed by atoms with E-state index in [-0.39, 0.29) is 0 Å². The zero-order chi connectivity index (χ0) is 23.6. The van der Waals surface area contributed by atoms with Gasteiger partial charge in [-0.05, 0) is 43.2 Å². The number of hydrogen-bond donors (Lipinski definition) is 0. The maximum Gasteiger partial charge on any atom is 0.0632 e. The smallest absolute Gasteiger partial charge is 0.0632 e. The molecule has 0 atom stereocenters. The highest BCUT2D eigenvalue weighted by Gasteiger charge is 2.43. The molecule has 0 aliphatic heterocycles. The Bertz CT molecular complexity index is 1150.